The van der Waals surface area contributed by atoms with Gasteiger partial charge in [-0.15, -0.1) is 0 Å². The Morgan fingerprint density at radius 1 is 1.37 bits per heavy atom. The van der Waals surface area contributed by atoms with E-state index >= 15 is 0 Å². The highest BCUT2D eigenvalue weighted by Crippen LogP contribution is 1.98. The summed E-state index contributed by atoms with van der Waals surface area (Å²) in [5.74, 6) is -0.432. The Kier molecular flexibility index (Phi) is 6.35. The maximum Gasteiger partial charge on any atom is 0.325 e. The van der Waals surface area contributed by atoms with Crippen LogP contribution in [0.15, 0.2) is 24.5 Å². The zero-order chi connectivity index (χ0) is 14.1. The lowest BCUT2D eigenvalue weighted by Crippen LogP contribution is -2.41. The molecule has 0 aromatic carbocycles. The van der Waals surface area contributed by atoms with Crippen molar-refractivity contribution in [3.05, 3.63) is 30.1 Å². The Labute approximate surface area is 112 Å². The second kappa shape index (κ2) is 8.07. The molecule has 1 aromatic rings. The summed E-state index contributed by atoms with van der Waals surface area (Å²) in [5, 5.41) is 2.50. The molecule has 19 heavy (non-hydrogen) atoms. The van der Waals surface area contributed by atoms with Gasteiger partial charge in [-0.2, -0.15) is 0 Å². The Bertz CT molecular complexity index is 409. The van der Waals surface area contributed by atoms with Crippen molar-refractivity contribution in [3.63, 3.8) is 0 Å². The summed E-state index contributed by atoms with van der Waals surface area (Å²) >= 11 is 0. The molecule has 0 fully saturated rings. The monoisotopic (exact) mass is 265 g/mol. The Morgan fingerprint density at radius 2 is 2.05 bits per heavy atom. The minimum atomic E-state index is -0.432. The smallest absolute Gasteiger partial charge is 0.325 e. The van der Waals surface area contributed by atoms with Gasteiger partial charge >= 0.3 is 12.0 Å². The lowest BCUT2D eigenvalue weighted by atomic mass is 10.2. The van der Waals surface area contributed by atoms with E-state index in [-0.39, 0.29) is 12.6 Å². The third-order valence-electron chi connectivity index (χ3n) is 2.52. The predicted octanol–water partition coefficient (Wildman–Crippen LogP) is 0.829. The number of urea groups is 1. The number of rotatable bonds is 6. The van der Waals surface area contributed by atoms with Gasteiger partial charge in [0.15, 0.2) is 0 Å². The van der Waals surface area contributed by atoms with E-state index in [9.17, 15) is 9.59 Å². The third-order valence-corrected chi connectivity index (χ3v) is 2.52. The van der Waals surface area contributed by atoms with Gasteiger partial charge < -0.3 is 15.0 Å². The van der Waals surface area contributed by atoms with Gasteiger partial charge in [0.05, 0.1) is 6.61 Å². The summed E-state index contributed by atoms with van der Waals surface area (Å²) in [6, 6.07) is 3.52. The first-order chi connectivity index (χ1) is 9.13. The van der Waals surface area contributed by atoms with E-state index in [1.54, 1.807) is 26.4 Å². The van der Waals surface area contributed by atoms with Crippen molar-refractivity contribution < 1.29 is 14.3 Å². The summed E-state index contributed by atoms with van der Waals surface area (Å²) in [6.45, 7) is 2.50. The fourth-order valence-electron chi connectivity index (χ4n) is 1.44. The molecule has 1 rings (SSSR count). The molecule has 0 radical (unpaired) electrons. The largest absolute Gasteiger partial charge is 0.465 e. The fraction of sp³-hybridized carbons (Fsp3) is 0.462. The number of likely N-dealkylation sites (N-methyl/N-ethyl adjacent to an activating group) is 1. The van der Waals surface area contributed by atoms with Gasteiger partial charge in [0, 0.05) is 26.0 Å². The van der Waals surface area contributed by atoms with Crippen LogP contribution in [0, 0.1) is 0 Å². The lowest BCUT2D eigenvalue weighted by Gasteiger charge is -2.17. The second-order valence-electron chi connectivity index (χ2n) is 3.99. The van der Waals surface area contributed by atoms with Crippen LogP contribution in [0.25, 0.3) is 0 Å². The van der Waals surface area contributed by atoms with Gasteiger partial charge in [0.1, 0.15) is 6.54 Å². The zero-order valence-corrected chi connectivity index (χ0v) is 11.3. The van der Waals surface area contributed by atoms with E-state index in [1.807, 2.05) is 12.1 Å². The number of hydrogen-bond acceptors (Lipinski definition) is 4. The van der Waals surface area contributed by atoms with Crippen molar-refractivity contribution in [1.29, 1.82) is 0 Å². The summed E-state index contributed by atoms with van der Waals surface area (Å²) in [6.07, 6.45) is 4.18. The number of ether oxygens (including phenoxy) is 1. The molecule has 0 spiro atoms. The zero-order valence-electron chi connectivity index (χ0n) is 11.3. The molecule has 1 N–H and O–H groups in total. The van der Waals surface area contributed by atoms with E-state index in [4.69, 9.17) is 4.74 Å². The molecule has 0 saturated carbocycles. The van der Waals surface area contributed by atoms with Gasteiger partial charge in [-0.3, -0.25) is 9.78 Å². The third kappa shape index (κ3) is 5.85. The molecule has 1 heterocycles. The Balaban J connectivity index is 2.27. The van der Waals surface area contributed by atoms with Crippen molar-refractivity contribution in [1.82, 2.24) is 15.2 Å². The maximum atomic E-state index is 11.7. The molecule has 0 aliphatic rings. The minimum absolute atomic E-state index is 0.105. The number of carbonyl (C=O) groups excluding carboxylic acids is 2. The van der Waals surface area contributed by atoms with Crippen LogP contribution in [0.5, 0.6) is 0 Å². The highest BCUT2D eigenvalue weighted by atomic mass is 16.5. The van der Waals surface area contributed by atoms with Crippen LogP contribution in [0.3, 0.4) is 0 Å². The molecule has 0 unspecified atom stereocenters. The first kappa shape index (κ1) is 14.9. The van der Waals surface area contributed by atoms with Crippen LogP contribution >= 0.6 is 0 Å². The molecule has 0 bridgehead atoms. The van der Waals surface area contributed by atoms with Crippen LogP contribution in [0.4, 0.5) is 4.79 Å². The van der Waals surface area contributed by atoms with Crippen LogP contribution in [0.2, 0.25) is 0 Å². The molecule has 6 nitrogen and oxygen atoms in total. The summed E-state index contributed by atoms with van der Waals surface area (Å²) < 4.78 is 4.72. The SMILES string of the molecule is CCOC(=O)CNC(=O)N(C)CCc1ccncc1. The van der Waals surface area contributed by atoms with Gasteiger partial charge in [-0.1, -0.05) is 0 Å². The molecule has 1 aromatic heterocycles. The molecular weight excluding hydrogens is 246 g/mol. The molecular formula is C13H19N3O3. The van der Waals surface area contributed by atoms with E-state index in [0.29, 0.717) is 13.2 Å². The lowest BCUT2D eigenvalue weighted by molar-refractivity contribution is -0.141. The number of pyridine rings is 1. The van der Waals surface area contributed by atoms with Gasteiger partial charge in [-0.25, -0.2) is 4.79 Å². The average molecular weight is 265 g/mol. The van der Waals surface area contributed by atoms with E-state index in [1.165, 1.54) is 4.90 Å². The van der Waals surface area contributed by atoms with Crippen molar-refractivity contribution in [2.75, 3.05) is 26.7 Å². The van der Waals surface area contributed by atoms with Gasteiger partial charge in [0.25, 0.3) is 0 Å². The number of nitrogens with zero attached hydrogens (tertiary/aromatic N) is 2. The van der Waals surface area contributed by atoms with E-state index in [2.05, 4.69) is 10.3 Å². The molecule has 0 aliphatic heterocycles. The van der Waals surface area contributed by atoms with Crippen LogP contribution in [-0.4, -0.2) is 48.6 Å². The first-order valence-electron chi connectivity index (χ1n) is 6.17. The predicted molar refractivity (Wildman–Crippen MR) is 70.6 cm³/mol. The standard InChI is InChI=1S/C13H19N3O3/c1-3-19-12(17)10-15-13(18)16(2)9-6-11-4-7-14-8-5-11/h4-5,7-8H,3,6,9-10H2,1-2H3,(H,15,18). The maximum absolute atomic E-state index is 11.7. The summed E-state index contributed by atoms with van der Waals surface area (Å²) in [4.78, 5) is 28.2. The van der Waals surface area contributed by atoms with Crippen LogP contribution in [-0.2, 0) is 16.0 Å². The van der Waals surface area contributed by atoms with E-state index < -0.39 is 5.97 Å². The van der Waals surface area contributed by atoms with Crippen LogP contribution in [0.1, 0.15) is 12.5 Å². The molecule has 0 saturated heterocycles. The van der Waals surface area contributed by atoms with Crippen molar-refractivity contribution in [2.24, 2.45) is 0 Å². The van der Waals surface area contributed by atoms with Crippen molar-refractivity contribution in [2.45, 2.75) is 13.3 Å². The number of esters is 1. The summed E-state index contributed by atoms with van der Waals surface area (Å²) in [7, 11) is 1.68. The highest BCUT2D eigenvalue weighted by Gasteiger charge is 2.10. The van der Waals surface area contributed by atoms with Gasteiger partial charge in [-0.05, 0) is 31.0 Å². The minimum Gasteiger partial charge on any atom is -0.465 e. The van der Waals surface area contributed by atoms with Gasteiger partial charge in [0.2, 0.25) is 0 Å². The first-order valence-corrected chi connectivity index (χ1v) is 6.17. The number of nitrogens with one attached hydrogen (secondary N) is 1. The number of amides is 2. The Hall–Kier alpha value is -2.11. The second-order valence-corrected chi connectivity index (χ2v) is 3.99. The van der Waals surface area contributed by atoms with Crippen molar-refractivity contribution in [3.8, 4) is 0 Å². The topological polar surface area (TPSA) is 71.5 Å². The molecule has 104 valence electrons. The quantitative estimate of drug-likeness (QED) is 0.773. The van der Waals surface area contributed by atoms with Crippen LogP contribution < -0.4 is 5.32 Å². The summed E-state index contributed by atoms with van der Waals surface area (Å²) in [5.41, 5.74) is 1.11. The molecule has 6 heteroatoms. The normalized spacial score (nSPS) is 9.79. The highest BCUT2D eigenvalue weighted by molar-refractivity contribution is 5.80. The molecule has 0 aliphatic carbocycles. The molecule has 2 amide bonds. The number of aromatic nitrogens is 1. The number of carbonyl (C=O) groups is 2. The Morgan fingerprint density at radius 3 is 2.68 bits per heavy atom. The number of hydrogen-bond donors (Lipinski definition) is 1. The fourth-order valence-corrected chi connectivity index (χ4v) is 1.44. The van der Waals surface area contributed by atoms with Crippen molar-refractivity contribution >= 4 is 12.0 Å². The average Bonchev–Trinajstić information content (AvgIpc) is 2.43. The van der Waals surface area contributed by atoms with E-state index in [0.717, 1.165) is 12.0 Å². The molecule has 0 atom stereocenters.